The predicted octanol–water partition coefficient (Wildman–Crippen LogP) is 8.27. The number of amides is 4. The molecule has 0 unspecified atom stereocenters. The molecule has 0 fully saturated rings. The first-order valence-electron chi connectivity index (χ1n) is 16.1. The minimum Gasteiger partial charge on any atom is -0.491 e. The maximum absolute atomic E-state index is 12.3. The van der Waals surface area contributed by atoms with Crippen LogP contribution < -0.4 is 30.7 Å². The molecule has 0 aromatic heterocycles. The van der Waals surface area contributed by atoms with Crippen molar-refractivity contribution in [3.05, 3.63) is 119 Å². The Bertz CT molecular complexity index is 1490. The number of benzene rings is 4. The molecule has 248 valence electrons. The maximum atomic E-state index is 12.3. The van der Waals surface area contributed by atoms with Gasteiger partial charge in [-0.15, -0.1) is 0 Å². The molecule has 47 heavy (non-hydrogen) atoms. The van der Waals surface area contributed by atoms with Gasteiger partial charge in [0.1, 0.15) is 24.7 Å². The van der Waals surface area contributed by atoms with E-state index in [4.69, 9.17) is 9.47 Å². The fourth-order valence-corrected chi connectivity index (χ4v) is 4.90. The highest BCUT2D eigenvalue weighted by atomic mass is 16.5. The fraction of sp³-hybridized carbons (Fsp3) is 0.333. The van der Waals surface area contributed by atoms with Gasteiger partial charge in [-0.05, 0) is 69.5 Å². The van der Waals surface area contributed by atoms with Crippen molar-refractivity contribution in [1.82, 2.24) is 10.6 Å². The second-order valence-electron chi connectivity index (χ2n) is 13.5. The highest BCUT2D eigenvalue weighted by Crippen LogP contribution is 2.34. The Hall–Kier alpha value is -4.98. The molecule has 0 spiro atoms. The number of nitrogens with one attached hydrogen (secondary N) is 4. The monoisotopic (exact) mass is 636 g/mol. The molecule has 0 atom stereocenters. The van der Waals surface area contributed by atoms with E-state index in [1.165, 1.54) is 11.1 Å². The minimum atomic E-state index is -0.282. The average Bonchev–Trinajstić information content (AvgIpc) is 3.02. The third-order valence-corrected chi connectivity index (χ3v) is 7.59. The number of carbonyl (C=O) groups excluding carboxylic acids is 2. The van der Waals surface area contributed by atoms with Crippen molar-refractivity contribution >= 4 is 23.4 Å². The van der Waals surface area contributed by atoms with Gasteiger partial charge < -0.3 is 30.7 Å². The van der Waals surface area contributed by atoms with E-state index in [2.05, 4.69) is 87.1 Å². The lowest BCUT2D eigenvalue weighted by molar-refractivity contribution is 0.247. The van der Waals surface area contributed by atoms with Gasteiger partial charge in [0.25, 0.3) is 0 Å². The lowest BCUT2D eigenvalue weighted by atomic mass is 9.83. The summed E-state index contributed by atoms with van der Waals surface area (Å²) >= 11 is 0. The minimum absolute atomic E-state index is 0.0526. The summed E-state index contributed by atoms with van der Waals surface area (Å²) in [5, 5.41) is 11.4. The topological polar surface area (TPSA) is 101 Å². The van der Waals surface area contributed by atoms with Crippen LogP contribution in [0.15, 0.2) is 97.1 Å². The zero-order valence-electron chi connectivity index (χ0n) is 28.4. The molecule has 4 rings (SSSR count). The summed E-state index contributed by atoms with van der Waals surface area (Å²) in [6.07, 6.45) is 0.586. The summed E-state index contributed by atoms with van der Waals surface area (Å²) in [7, 11) is 0. The lowest BCUT2D eigenvalue weighted by Gasteiger charge is -2.24. The number of ether oxygens (including phenoxy) is 2. The van der Waals surface area contributed by atoms with Crippen LogP contribution in [0.1, 0.15) is 63.8 Å². The van der Waals surface area contributed by atoms with Gasteiger partial charge in [0.05, 0.1) is 13.1 Å². The van der Waals surface area contributed by atoms with Crippen molar-refractivity contribution in [3.63, 3.8) is 0 Å². The summed E-state index contributed by atoms with van der Waals surface area (Å²) in [4.78, 5) is 24.7. The van der Waals surface area contributed by atoms with Gasteiger partial charge >= 0.3 is 12.1 Å². The Morgan fingerprint density at radius 1 is 0.553 bits per heavy atom. The Morgan fingerprint density at radius 2 is 0.936 bits per heavy atom. The number of rotatable bonds is 12. The first-order valence-corrected chi connectivity index (χ1v) is 16.1. The van der Waals surface area contributed by atoms with Crippen LogP contribution in [0.2, 0.25) is 0 Å². The van der Waals surface area contributed by atoms with Gasteiger partial charge in [0.15, 0.2) is 0 Å². The number of para-hydroxylation sites is 2. The fourth-order valence-electron chi connectivity index (χ4n) is 4.90. The van der Waals surface area contributed by atoms with Crippen molar-refractivity contribution in [2.24, 2.45) is 0 Å². The van der Waals surface area contributed by atoms with Gasteiger partial charge in [-0.2, -0.15) is 0 Å². The largest absolute Gasteiger partial charge is 0.491 e. The molecule has 0 aliphatic carbocycles. The number of urea groups is 2. The third kappa shape index (κ3) is 11.1. The molecule has 0 bridgehead atoms. The number of carbonyl (C=O) groups is 2. The van der Waals surface area contributed by atoms with Crippen LogP contribution in [0.5, 0.6) is 11.5 Å². The molecule has 0 aliphatic heterocycles. The van der Waals surface area contributed by atoms with E-state index < -0.39 is 0 Å². The van der Waals surface area contributed by atoms with Crippen LogP contribution in [-0.4, -0.2) is 38.4 Å². The van der Waals surface area contributed by atoms with E-state index in [1.807, 2.05) is 72.8 Å². The number of hydrogen-bond donors (Lipinski definition) is 4. The molecule has 4 aromatic rings. The van der Waals surface area contributed by atoms with Gasteiger partial charge in [0.2, 0.25) is 0 Å². The van der Waals surface area contributed by atoms with Crippen molar-refractivity contribution in [2.75, 3.05) is 36.9 Å². The molecule has 0 radical (unpaired) electrons. The Balaban J connectivity index is 1.46. The summed E-state index contributed by atoms with van der Waals surface area (Å²) in [5.41, 5.74) is 5.81. The van der Waals surface area contributed by atoms with Crippen LogP contribution in [0.25, 0.3) is 0 Å². The lowest BCUT2D eigenvalue weighted by Crippen LogP contribution is -2.32. The SMILES string of the molecule is CC(C)(C)c1ccc(OCCNC(=O)Nc2ccccc2)c(Cc2cc(C(C)(C)C)ccc2OCCNC(=O)Nc2ccccc2)c1. The van der Waals surface area contributed by atoms with Gasteiger partial charge in [-0.1, -0.05) is 102 Å². The van der Waals surface area contributed by atoms with Crippen LogP contribution in [0, 0.1) is 0 Å². The molecule has 0 aliphatic rings. The highest BCUT2D eigenvalue weighted by Gasteiger charge is 2.20. The smallest absolute Gasteiger partial charge is 0.319 e. The number of hydrogen-bond acceptors (Lipinski definition) is 4. The van der Waals surface area contributed by atoms with Gasteiger partial charge in [0, 0.05) is 17.8 Å². The Morgan fingerprint density at radius 3 is 1.30 bits per heavy atom. The van der Waals surface area contributed by atoms with E-state index in [9.17, 15) is 9.59 Å². The first-order chi connectivity index (χ1) is 22.4. The first kappa shape index (κ1) is 34.9. The highest BCUT2D eigenvalue weighted by molar-refractivity contribution is 5.89. The quantitative estimate of drug-likeness (QED) is 0.118. The van der Waals surface area contributed by atoms with Crippen LogP contribution in [0.3, 0.4) is 0 Å². The van der Waals surface area contributed by atoms with Crippen LogP contribution in [-0.2, 0) is 17.3 Å². The van der Waals surface area contributed by atoms with E-state index in [1.54, 1.807) is 0 Å². The second kappa shape index (κ2) is 16.0. The summed E-state index contributed by atoms with van der Waals surface area (Å²) in [6.45, 7) is 14.5. The zero-order chi connectivity index (χ0) is 33.9. The molecule has 4 amide bonds. The van der Waals surface area contributed by atoms with Crippen LogP contribution in [0.4, 0.5) is 21.0 Å². The third-order valence-electron chi connectivity index (χ3n) is 7.59. The molecule has 8 nitrogen and oxygen atoms in total. The van der Waals surface area contributed by atoms with Crippen molar-refractivity contribution in [1.29, 1.82) is 0 Å². The molecule has 4 aromatic carbocycles. The normalized spacial score (nSPS) is 11.4. The predicted molar refractivity (Wildman–Crippen MR) is 191 cm³/mol. The van der Waals surface area contributed by atoms with E-state index in [0.29, 0.717) is 32.7 Å². The maximum Gasteiger partial charge on any atom is 0.319 e. The zero-order valence-corrected chi connectivity index (χ0v) is 28.4. The average molecular weight is 637 g/mol. The summed E-state index contributed by atoms with van der Waals surface area (Å²) < 4.78 is 12.5. The van der Waals surface area contributed by atoms with Crippen molar-refractivity contribution < 1.29 is 19.1 Å². The number of anilines is 2. The standard InChI is InChI=1S/C39H48N4O4/c1-38(2,3)30-17-19-34(46-23-21-40-36(44)42-32-13-9-7-10-14-32)28(26-30)25-29-27-31(39(4,5)6)18-20-35(29)47-24-22-41-37(45)43-33-15-11-8-12-16-33/h7-20,26-27H,21-25H2,1-6H3,(H2,40,42,44)(H2,41,43,45). The Kier molecular flexibility index (Phi) is 11.9. The molecule has 0 heterocycles. The summed E-state index contributed by atoms with van der Waals surface area (Å²) in [5.74, 6) is 1.52. The van der Waals surface area contributed by atoms with Gasteiger partial charge in [-0.25, -0.2) is 9.59 Å². The van der Waals surface area contributed by atoms with Gasteiger partial charge in [-0.3, -0.25) is 0 Å². The second-order valence-corrected chi connectivity index (χ2v) is 13.5. The van der Waals surface area contributed by atoms with Crippen molar-refractivity contribution in [2.45, 2.75) is 58.8 Å². The molecule has 0 saturated heterocycles. The molecule has 8 heteroatoms. The van der Waals surface area contributed by atoms with Crippen LogP contribution >= 0.6 is 0 Å². The Labute approximate surface area is 279 Å². The van der Waals surface area contributed by atoms with E-state index in [0.717, 1.165) is 34.0 Å². The molecule has 0 saturated carbocycles. The molecule has 4 N–H and O–H groups in total. The molecular weight excluding hydrogens is 588 g/mol. The molecular formula is C39H48N4O4. The van der Waals surface area contributed by atoms with E-state index in [-0.39, 0.29) is 22.9 Å². The van der Waals surface area contributed by atoms with Crippen molar-refractivity contribution in [3.8, 4) is 11.5 Å². The van der Waals surface area contributed by atoms with E-state index >= 15 is 0 Å². The summed E-state index contributed by atoms with van der Waals surface area (Å²) in [6, 6.07) is 30.7.